The van der Waals surface area contributed by atoms with Gasteiger partial charge in [-0.1, -0.05) is 29.8 Å². The zero-order chi connectivity index (χ0) is 27.7. The van der Waals surface area contributed by atoms with Crippen molar-refractivity contribution in [2.45, 2.75) is 31.7 Å². The summed E-state index contributed by atoms with van der Waals surface area (Å²) in [7, 11) is 0. The number of pyridine rings is 1. The molecule has 1 N–H and O–H groups in total. The van der Waals surface area contributed by atoms with Crippen LogP contribution < -0.4 is 0 Å². The number of aliphatic hydroxyl groups is 1. The van der Waals surface area contributed by atoms with E-state index < -0.39 is 36.1 Å². The lowest BCUT2D eigenvalue weighted by Crippen LogP contribution is -2.50. The van der Waals surface area contributed by atoms with Gasteiger partial charge in [0.1, 0.15) is 35.7 Å². The number of rotatable bonds is 8. The topological polar surface area (TPSA) is 67.1 Å². The Labute approximate surface area is 209 Å². The van der Waals surface area contributed by atoms with Gasteiger partial charge < -0.3 is 5.11 Å². The van der Waals surface area contributed by atoms with Crippen molar-refractivity contribution < 1.29 is 22.4 Å². The summed E-state index contributed by atoms with van der Waals surface area (Å²) in [5.41, 5.74) is -1.07. The molecule has 0 aliphatic rings. The van der Waals surface area contributed by atoms with E-state index in [0.717, 1.165) is 17.0 Å². The Kier molecular flexibility index (Phi) is 6.10. The van der Waals surface area contributed by atoms with Crippen molar-refractivity contribution in [3.8, 4) is 11.3 Å². The van der Waals surface area contributed by atoms with E-state index in [-0.39, 0.29) is 23.7 Å². The molecule has 10 heteroatoms. The average Bonchev–Trinajstić information content (AvgIpc) is 3.36. The maximum Gasteiger partial charge on any atom is 0.142 e. The highest BCUT2D eigenvalue weighted by Crippen LogP contribution is 2.33. The number of benzene rings is 2. The molecule has 2 heterocycles. The van der Waals surface area contributed by atoms with Gasteiger partial charge in [0.05, 0.1) is 17.3 Å². The van der Waals surface area contributed by atoms with Crippen molar-refractivity contribution >= 4 is 11.6 Å². The fourth-order valence-electron chi connectivity index (χ4n) is 3.78. The molecule has 0 bridgehead atoms. The third kappa shape index (κ3) is 5.37. The largest absolute Gasteiger partial charge is 0.381 e. The molecule has 0 amide bonds. The van der Waals surface area contributed by atoms with E-state index in [1.807, 2.05) is 0 Å². The van der Waals surface area contributed by atoms with Gasteiger partial charge in [0.2, 0.25) is 0 Å². The molecule has 2 atom stereocenters. The van der Waals surface area contributed by atoms with Crippen LogP contribution in [0.25, 0.3) is 11.3 Å². The van der Waals surface area contributed by atoms with Crippen LogP contribution in [0.1, 0.15) is 22.2 Å². The number of hydrogen-bond donors (Lipinski definition) is 1. The van der Waals surface area contributed by atoms with E-state index in [9.17, 15) is 18.3 Å². The maximum atomic E-state index is 14.9. The van der Waals surface area contributed by atoms with Crippen LogP contribution in [0.3, 0.4) is 0 Å². The third-order valence-electron chi connectivity index (χ3n) is 5.82. The highest BCUT2D eigenvalue weighted by Gasteiger charge is 2.41. The average molecular weight is 505 g/mol. The molecule has 0 aliphatic carbocycles. The molecule has 0 saturated heterocycles. The molecule has 2 aromatic carbocycles. The molecule has 0 radical (unpaired) electrons. The van der Waals surface area contributed by atoms with Crippen LogP contribution in [0.5, 0.6) is 0 Å². The second-order valence-corrected chi connectivity index (χ2v) is 8.53. The quantitative estimate of drug-likeness (QED) is 0.373. The Bertz CT molecular complexity index is 1410. The number of likely N-dealkylation sites (N-methyl/N-ethyl adjacent to an activating group) is 1. The van der Waals surface area contributed by atoms with Crippen LogP contribution in [0.4, 0.5) is 13.2 Å². The van der Waals surface area contributed by atoms with E-state index in [1.165, 1.54) is 42.6 Å². The third-order valence-corrected chi connectivity index (χ3v) is 6.13. The Morgan fingerprint density at radius 1 is 1.14 bits per heavy atom. The molecule has 182 valence electrons. The molecule has 0 fully saturated rings. The van der Waals surface area contributed by atoms with Gasteiger partial charge in [0, 0.05) is 40.1 Å². The number of halogens is 4. The van der Waals surface area contributed by atoms with E-state index in [1.54, 1.807) is 18.2 Å². The monoisotopic (exact) mass is 504 g/mol. The van der Waals surface area contributed by atoms with Crippen molar-refractivity contribution in [3.63, 3.8) is 0 Å². The van der Waals surface area contributed by atoms with Gasteiger partial charge in [-0.25, -0.2) is 22.8 Å². The summed E-state index contributed by atoms with van der Waals surface area (Å²) in [6.45, 7) is -1.86. The van der Waals surface area contributed by atoms with Crippen LogP contribution in [0.2, 0.25) is 5.02 Å². The van der Waals surface area contributed by atoms with Crippen molar-refractivity contribution in [2.75, 3.05) is 6.98 Å². The van der Waals surface area contributed by atoms with Crippen molar-refractivity contribution in [1.29, 1.82) is 0 Å². The molecule has 35 heavy (non-hydrogen) atoms. The second-order valence-electron chi connectivity index (χ2n) is 8.13. The van der Waals surface area contributed by atoms with Gasteiger partial charge >= 0.3 is 0 Å². The Morgan fingerprint density at radius 2 is 1.97 bits per heavy atom. The van der Waals surface area contributed by atoms with E-state index >= 15 is 0 Å². The van der Waals surface area contributed by atoms with Crippen molar-refractivity contribution in [3.05, 3.63) is 101 Å². The maximum absolute atomic E-state index is 14.9. The molecule has 0 aliphatic heterocycles. The predicted octanol–water partition coefficient (Wildman–Crippen LogP) is 4.82. The molecular weight excluding hydrogens is 479 g/mol. The Hall–Kier alpha value is -3.27. The summed E-state index contributed by atoms with van der Waals surface area (Å²) in [5, 5.41) is 15.8. The Balaban J connectivity index is 1.69. The molecule has 0 spiro atoms. The number of hydrogen-bond acceptors (Lipinski definition) is 5. The molecule has 4 rings (SSSR count). The summed E-state index contributed by atoms with van der Waals surface area (Å²) in [6, 6.07) is 8.92. The van der Waals surface area contributed by atoms with Gasteiger partial charge in [0.25, 0.3) is 0 Å². The van der Waals surface area contributed by atoms with E-state index in [2.05, 4.69) is 15.1 Å². The first-order chi connectivity index (χ1) is 17.9. The van der Waals surface area contributed by atoms with Crippen LogP contribution >= 0.6 is 11.6 Å². The van der Waals surface area contributed by atoms with Crippen LogP contribution in [-0.2, 0) is 18.7 Å². The SMILES string of the molecule is [2H]C([2H])([2H])N(Cc1ccc(-c2ccc(Cl)c(F)c2)nc1)[C@H](C)[C@](O)(Cn1cncn1)c1ccc(F)cc1F. The van der Waals surface area contributed by atoms with E-state index in [0.29, 0.717) is 22.9 Å². The van der Waals surface area contributed by atoms with Gasteiger partial charge in [0.15, 0.2) is 0 Å². The van der Waals surface area contributed by atoms with Gasteiger partial charge in [-0.15, -0.1) is 0 Å². The summed E-state index contributed by atoms with van der Waals surface area (Å²) in [6.07, 6.45) is 3.94. The van der Waals surface area contributed by atoms with Crippen molar-refractivity contribution in [2.24, 2.45) is 0 Å². The lowest BCUT2D eigenvalue weighted by atomic mass is 9.85. The van der Waals surface area contributed by atoms with Crippen molar-refractivity contribution in [1.82, 2.24) is 24.6 Å². The first kappa shape index (κ1) is 21.0. The summed E-state index contributed by atoms with van der Waals surface area (Å²) < 4.78 is 68.2. The highest BCUT2D eigenvalue weighted by molar-refractivity contribution is 6.30. The van der Waals surface area contributed by atoms with Gasteiger partial charge in [-0.05, 0) is 43.7 Å². The zero-order valence-electron chi connectivity index (χ0n) is 21.5. The van der Waals surface area contributed by atoms with Crippen LogP contribution in [-0.4, -0.2) is 42.8 Å². The van der Waals surface area contributed by atoms with Crippen LogP contribution in [0, 0.1) is 17.5 Å². The standard InChI is InChI=1S/C25H23ClF3N5O/c1-16(25(35,13-34-15-30-14-32-34)20-6-5-19(27)10-22(20)28)33(2)12-17-3-8-24(31-11-17)18-4-7-21(26)23(29)9-18/h3-11,14-16,35H,12-13H2,1-2H3/t16-,25-/m1/s1/i2D3. The fraction of sp³-hybridized carbons (Fsp3) is 0.240. The zero-order valence-corrected chi connectivity index (χ0v) is 19.3. The minimum Gasteiger partial charge on any atom is -0.381 e. The minimum absolute atomic E-state index is 0.0244. The minimum atomic E-state index is -2.73. The smallest absolute Gasteiger partial charge is 0.142 e. The predicted molar refractivity (Wildman–Crippen MR) is 126 cm³/mol. The summed E-state index contributed by atoms with van der Waals surface area (Å²) >= 11 is 5.74. The molecule has 2 aromatic heterocycles. The lowest BCUT2D eigenvalue weighted by Gasteiger charge is -2.39. The van der Waals surface area contributed by atoms with Gasteiger partial charge in [-0.2, -0.15) is 5.10 Å². The number of aromatic nitrogens is 4. The Morgan fingerprint density at radius 3 is 2.60 bits per heavy atom. The summed E-state index contributed by atoms with van der Waals surface area (Å²) in [5.74, 6) is -2.48. The first-order valence-corrected chi connectivity index (χ1v) is 10.9. The summed E-state index contributed by atoms with van der Waals surface area (Å²) in [4.78, 5) is 9.16. The second kappa shape index (κ2) is 10.2. The fourth-order valence-corrected chi connectivity index (χ4v) is 3.90. The molecule has 6 nitrogen and oxygen atoms in total. The molecule has 4 aromatic rings. The lowest BCUT2D eigenvalue weighted by molar-refractivity contribution is -0.0591. The van der Waals surface area contributed by atoms with Gasteiger partial charge in [-0.3, -0.25) is 9.88 Å². The van der Waals surface area contributed by atoms with E-state index in [4.69, 9.17) is 15.7 Å². The molecule has 0 unspecified atom stereocenters. The highest BCUT2D eigenvalue weighted by atomic mass is 35.5. The number of nitrogens with zero attached hydrogens (tertiary/aromatic N) is 5. The molecule has 0 saturated carbocycles. The first-order valence-electron chi connectivity index (χ1n) is 12.1. The van der Waals surface area contributed by atoms with Crippen LogP contribution in [0.15, 0.2) is 67.4 Å². The normalized spacial score (nSPS) is 15.8. The molecular formula is C25H23ClF3N5O.